The Morgan fingerprint density at radius 1 is 1.00 bits per heavy atom. The number of nitriles is 4. The minimum absolute atomic E-state index is 0.143. The van der Waals surface area contributed by atoms with Gasteiger partial charge in [-0.25, -0.2) is 0 Å². The molecule has 1 aliphatic rings. The van der Waals surface area contributed by atoms with Crippen molar-refractivity contribution in [1.82, 2.24) is 0 Å². The van der Waals surface area contributed by atoms with Crippen LogP contribution in [-0.4, -0.2) is 0 Å². The zero-order chi connectivity index (χ0) is 15.5. The molecule has 100 valence electrons. The molecule has 1 aromatic rings. The van der Waals surface area contributed by atoms with Crippen molar-refractivity contribution in [3.05, 3.63) is 48.6 Å². The van der Waals surface area contributed by atoms with Crippen LogP contribution in [0, 0.1) is 62.1 Å². The molecule has 0 spiro atoms. The lowest BCUT2D eigenvalue weighted by Crippen LogP contribution is -2.36. The Labute approximate surface area is 123 Å². The molecule has 0 heterocycles. The molecular weight excluding hydrogens is 260 g/mol. The molecule has 1 aromatic carbocycles. The zero-order valence-electron chi connectivity index (χ0n) is 11.3. The lowest BCUT2D eigenvalue weighted by Gasteiger charge is -2.29. The van der Waals surface area contributed by atoms with Crippen LogP contribution >= 0.6 is 0 Å². The summed E-state index contributed by atoms with van der Waals surface area (Å²) < 4.78 is 0. The van der Waals surface area contributed by atoms with Crippen molar-refractivity contribution in [2.24, 2.45) is 16.7 Å². The van der Waals surface area contributed by atoms with E-state index in [9.17, 15) is 21.0 Å². The third-order valence-corrected chi connectivity index (χ3v) is 4.31. The Bertz CT molecular complexity index is 693. The quantitative estimate of drug-likeness (QED) is 0.773. The van der Waals surface area contributed by atoms with Crippen LogP contribution in [0.25, 0.3) is 0 Å². The summed E-state index contributed by atoms with van der Waals surface area (Å²) in [6.07, 6.45) is 1.78. The van der Waals surface area contributed by atoms with Crippen LogP contribution in [0.5, 0.6) is 0 Å². The fourth-order valence-electron chi connectivity index (χ4n) is 3.24. The monoisotopic (exact) mass is 272 g/mol. The summed E-state index contributed by atoms with van der Waals surface area (Å²) >= 11 is 0. The van der Waals surface area contributed by atoms with Crippen LogP contribution in [0.15, 0.2) is 43.0 Å². The van der Waals surface area contributed by atoms with Crippen molar-refractivity contribution in [2.45, 2.75) is 12.3 Å². The number of allylic oxidation sites excluding steroid dienone is 1. The van der Waals surface area contributed by atoms with E-state index in [1.807, 2.05) is 54.6 Å². The Morgan fingerprint density at radius 2 is 1.57 bits per heavy atom. The van der Waals surface area contributed by atoms with Gasteiger partial charge in [0.05, 0.1) is 24.3 Å². The minimum atomic E-state index is -1.70. The lowest BCUT2D eigenvalue weighted by atomic mass is 9.63. The maximum absolute atomic E-state index is 9.65. The molecule has 2 atom stereocenters. The largest absolute Gasteiger partial charge is 0.196 e. The Morgan fingerprint density at radius 3 is 2.00 bits per heavy atom. The number of hydrogen-bond acceptors (Lipinski definition) is 4. The first kappa shape index (κ1) is 14.3. The normalized spacial score (nSPS) is 24.8. The summed E-state index contributed by atoms with van der Waals surface area (Å²) in [4.78, 5) is 0. The first-order valence-electron chi connectivity index (χ1n) is 6.47. The van der Waals surface area contributed by atoms with E-state index in [-0.39, 0.29) is 12.3 Å². The summed E-state index contributed by atoms with van der Waals surface area (Å²) in [5, 5.41) is 38.3. The molecule has 2 unspecified atom stereocenters. The molecule has 4 nitrogen and oxygen atoms in total. The van der Waals surface area contributed by atoms with Gasteiger partial charge in [-0.15, -0.1) is 6.58 Å². The molecule has 0 aromatic heterocycles. The highest BCUT2D eigenvalue weighted by atomic mass is 14.7. The van der Waals surface area contributed by atoms with Gasteiger partial charge < -0.3 is 0 Å². The Hall–Kier alpha value is -3.08. The molecule has 0 bridgehead atoms. The lowest BCUT2D eigenvalue weighted by molar-refractivity contribution is 0.329. The second-order valence-corrected chi connectivity index (χ2v) is 5.15. The van der Waals surface area contributed by atoms with E-state index in [2.05, 4.69) is 6.58 Å². The van der Waals surface area contributed by atoms with Gasteiger partial charge in [0.1, 0.15) is 0 Å². The van der Waals surface area contributed by atoms with Gasteiger partial charge in [-0.3, -0.25) is 0 Å². The van der Waals surface area contributed by atoms with E-state index in [1.54, 1.807) is 6.08 Å². The van der Waals surface area contributed by atoms with E-state index in [0.29, 0.717) is 0 Å². The summed E-state index contributed by atoms with van der Waals surface area (Å²) in [5.41, 5.74) is -2.56. The highest BCUT2D eigenvalue weighted by molar-refractivity contribution is 5.46. The van der Waals surface area contributed by atoms with Gasteiger partial charge in [-0.05, 0) is 17.9 Å². The first-order chi connectivity index (χ1) is 10.1. The average Bonchev–Trinajstić information content (AvgIpc) is 2.85. The number of hydrogen-bond donors (Lipinski definition) is 0. The standard InChI is InChI=1S/C17H12N4/c1-2-13-8-16(9-18,10-19)17(11-20,12-21)15(13)14-6-4-3-5-7-14/h2-7,13,15H,1,8H2. The molecule has 21 heavy (non-hydrogen) atoms. The second kappa shape index (κ2) is 5.13. The van der Waals surface area contributed by atoms with Gasteiger partial charge in [0.2, 0.25) is 0 Å². The SMILES string of the molecule is C=CC1CC(C#N)(C#N)C(C#N)(C#N)C1c1ccccc1. The molecule has 0 radical (unpaired) electrons. The van der Waals surface area contributed by atoms with Gasteiger partial charge >= 0.3 is 0 Å². The van der Waals surface area contributed by atoms with Gasteiger partial charge in [-0.1, -0.05) is 36.4 Å². The zero-order valence-corrected chi connectivity index (χ0v) is 11.3. The molecule has 2 rings (SSSR count). The van der Waals surface area contributed by atoms with Crippen molar-refractivity contribution in [3.63, 3.8) is 0 Å². The van der Waals surface area contributed by atoms with Crippen LogP contribution < -0.4 is 0 Å². The van der Waals surface area contributed by atoms with Gasteiger partial charge in [0, 0.05) is 5.92 Å². The van der Waals surface area contributed by atoms with Gasteiger partial charge in [0.15, 0.2) is 10.8 Å². The number of benzene rings is 1. The molecule has 0 saturated heterocycles. The van der Waals surface area contributed by atoms with E-state index >= 15 is 0 Å². The highest BCUT2D eigenvalue weighted by Gasteiger charge is 2.67. The molecule has 1 saturated carbocycles. The van der Waals surface area contributed by atoms with Crippen molar-refractivity contribution in [2.75, 3.05) is 0 Å². The Kier molecular flexibility index (Phi) is 3.50. The molecule has 0 aliphatic heterocycles. The van der Waals surface area contributed by atoms with Crippen LogP contribution in [0.4, 0.5) is 0 Å². The molecule has 1 aliphatic carbocycles. The maximum Gasteiger partial charge on any atom is 0.182 e. The molecule has 0 amide bonds. The Balaban J connectivity index is 2.77. The first-order valence-corrected chi connectivity index (χ1v) is 6.47. The van der Waals surface area contributed by atoms with Crippen molar-refractivity contribution in [1.29, 1.82) is 21.0 Å². The van der Waals surface area contributed by atoms with E-state index < -0.39 is 16.7 Å². The third kappa shape index (κ3) is 1.71. The third-order valence-electron chi connectivity index (χ3n) is 4.31. The van der Waals surface area contributed by atoms with Crippen molar-refractivity contribution >= 4 is 0 Å². The molecular formula is C17H12N4. The predicted octanol–water partition coefficient (Wildman–Crippen LogP) is 3.04. The smallest absolute Gasteiger partial charge is 0.182 e. The summed E-state index contributed by atoms with van der Waals surface area (Å²) in [6.45, 7) is 3.75. The fourth-order valence-corrected chi connectivity index (χ4v) is 3.24. The topological polar surface area (TPSA) is 95.2 Å². The van der Waals surface area contributed by atoms with E-state index in [1.165, 1.54) is 0 Å². The minimum Gasteiger partial charge on any atom is -0.196 e. The molecule has 1 fully saturated rings. The predicted molar refractivity (Wildman–Crippen MR) is 74.8 cm³/mol. The summed E-state index contributed by atoms with van der Waals surface area (Å²) in [6, 6.07) is 16.9. The van der Waals surface area contributed by atoms with Crippen LogP contribution in [-0.2, 0) is 0 Å². The van der Waals surface area contributed by atoms with Crippen LogP contribution in [0.1, 0.15) is 17.9 Å². The fraction of sp³-hybridized carbons (Fsp3) is 0.294. The van der Waals surface area contributed by atoms with Crippen LogP contribution in [0.2, 0.25) is 0 Å². The summed E-state index contributed by atoms with van der Waals surface area (Å²) in [5.74, 6) is -0.809. The number of nitrogens with zero attached hydrogens (tertiary/aromatic N) is 4. The maximum atomic E-state index is 9.65. The van der Waals surface area contributed by atoms with E-state index in [0.717, 1.165) is 5.56 Å². The van der Waals surface area contributed by atoms with Crippen molar-refractivity contribution in [3.8, 4) is 24.3 Å². The van der Waals surface area contributed by atoms with E-state index in [4.69, 9.17) is 0 Å². The number of rotatable bonds is 2. The van der Waals surface area contributed by atoms with Crippen LogP contribution in [0.3, 0.4) is 0 Å². The molecule has 4 heteroatoms. The summed E-state index contributed by atoms with van der Waals surface area (Å²) in [7, 11) is 0. The van der Waals surface area contributed by atoms with Gasteiger partial charge in [-0.2, -0.15) is 21.0 Å². The second-order valence-electron chi connectivity index (χ2n) is 5.15. The average molecular weight is 272 g/mol. The van der Waals surface area contributed by atoms with Gasteiger partial charge in [0.25, 0.3) is 0 Å². The van der Waals surface area contributed by atoms with Crippen molar-refractivity contribution < 1.29 is 0 Å². The highest BCUT2D eigenvalue weighted by Crippen LogP contribution is 2.62. The molecule has 0 N–H and O–H groups in total.